The smallest absolute Gasteiger partial charge is 0.234 e. The van der Waals surface area contributed by atoms with Gasteiger partial charge in [0.15, 0.2) is 0 Å². The van der Waals surface area contributed by atoms with Crippen LogP contribution in [0.15, 0.2) is 40.4 Å². The number of sulfone groups is 1. The Morgan fingerprint density at radius 2 is 2.06 bits per heavy atom. The van der Waals surface area contributed by atoms with Gasteiger partial charge >= 0.3 is 0 Å². The molecule has 1 aliphatic rings. The number of rotatable bonds is 4. The fraction of sp³-hybridized carbons (Fsp3) is 0.182. The molecule has 2 rings (SSSR count). The van der Waals surface area contributed by atoms with Gasteiger partial charge in [-0.05, 0) is 12.1 Å². The molecule has 0 radical (unpaired) electrons. The Morgan fingerprint density at radius 3 is 2.67 bits per heavy atom. The van der Waals surface area contributed by atoms with E-state index in [0.717, 1.165) is 5.41 Å². The molecule has 18 heavy (non-hydrogen) atoms. The Kier molecular flexibility index (Phi) is 3.24. The quantitative estimate of drug-likeness (QED) is 0.866. The number of hydrogen-bond acceptors (Lipinski definition) is 6. The van der Waals surface area contributed by atoms with E-state index in [1.807, 2.05) is 0 Å². The van der Waals surface area contributed by atoms with Crippen molar-refractivity contribution in [3.63, 3.8) is 0 Å². The van der Waals surface area contributed by atoms with Gasteiger partial charge in [-0.1, -0.05) is 6.07 Å². The Balaban J connectivity index is 2.05. The number of nitrogens with two attached hydrogens (primary N) is 1. The zero-order valence-corrected chi connectivity index (χ0v) is 10.5. The van der Waals surface area contributed by atoms with Crippen LogP contribution in [-0.4, -0.2) is 27.3 Å². The lowest BCUT2D eigenvalue weighted by Gasteiger charge is -2.06. The van der Waals surface area contributed by atoms with Crippen molar-refractivity contribution in [1.29, 1.82) is 0 Å². The van der Waals surface area contributed by atoms with Crippen molar-refractivity contribution in [1.82, 2.24) is 0 Å². The second-order valence-electron chi connectivity index (χ2n) is 3.57. The van der Waals surface area contributed by atoms with Gasteiger partial charge in [0.05, 0.1) is 18.2 Å². The van der Waals surface area contributed by atoms with Gasteiger partial charge in [-0.3, -0.25) is 0 Å². The summed E-state index contributed by atoms with van der Waals surface area (Å²) in [4.78, 5) is 3.71. The van der Waals surface area contributed by atoms with Crippen molar-refractivity contribution in [3.8, 4) is 11.5 Å². The van der Waals surface area contributed by atoms with Crippen molar-refractivity contribution < 1.29 is 17.9 Å². The molecule has 2 N–H and O–H groups in total. The lowest BCUT2D eigenvalue weighted by molar-refractivity contribution is 0.346. The minimum atomic E-state index is -3.53. The monoisotopic (exact) mass is 268 g/mol. The molecule has 0 fully saturated rings. The van der Waals surface area contributed by atoms with Crippen LogP contribution >= 0.6 is 0 Å². The molecule has 96 valence electrons. The first kappa shape index (κ1) is 12.4. The summed E-state index contributed by atoms with van der Waals surface area (Å²) in [6.07, 6.45) is 0. The van der Waals surface area contributed by atoms with Gasteiger partial charge in [0, 0.05) is 6.07 Å². The molecule has 1 aliphatic heterocycles. The maximum absolute atomic E-state index is 11.3. The molecule has 0 atom stereocenters. The maximum Gasteiger partial charge on any atom is 0.234 e. The molecule has 0 spiro atoms. The normalized spacial score (nSPS) is 16.9. The highest BCUT2D eigenvalue weighted by Crippen LogP contribution is 2.20. The topological polar surface area (TPSA) is 91.0 Å². The van der Waals surface area contributed by atoms with Crippen molar-refractivity contribution in [2.45, 2.75) is 0 Å². The van der Waals surface area contributed by atoms with Crippen LogP contribution in [0.5, 0.6) is 11.5 Å². The SMILES string of the molecule is COc1cccc(OCC2=CS(=O)(=O)C(N)=N2)c1. The minimum absolute atomic E-state index is 0.0348. The summed E-state index contributed by atoms with van der Waals surface area (Å²) in [7, 11) is -1.98. The average Bonchev–Trinajstić information content (AvgIpc) is 2.61. The minimum Gasteiger partial charge on any atom is -0.497 e. The van der Waals surface area contributed by atoms with Gasteiger partial charge in [-0.25, -0.2) is 13.4 Å². The first-order valence-corrected chi connectivity index (χ1v) is 6.62. The molecular formula is C11H12N2O4S. The predicted molar refractivity (Wildman–Crippen MR) is 67.1 cm³/mol. The zero-order chi connectivity index (χ0) is 13.2. The van der Waals surface area contributed by atoms with Crippen LogP contribution in [0, 0.1) is 0 Å². The number of amidine groups is 1. The van der Waals surface area contributed by atoms with Crippen LogP contribution in [-0.2, 0) is 9.84 Å². The Morgan fingerprint density at radius 1 is 1.33 bits per heavy atom. The molecule has 0 saturated carbocycles. The highest BCUT2D eigenvalue weighted by molar-refractivity contribution is 8.09. The second-order valence-corrected chi connectivity index (χ2v) is 5.32. The fourth-order valence-electron chi connectivity index (χ4n) is 1.39. The Hall–Kier alpha value is -2.02. The summed E-state index contributed by atoms with van der Waals surface area (Å²) in [5.74, 6) is 1.22. The number of aliphatic imine (C=N–C) groups is 1. The predicted octanol–water partition coefficient (Wildman–Crippen LogP) is 0.659. The second kappa shape index (κ2) is 4.69. The molecule has 0 aromatic heterocycles. The van der Waals surface area contributed by atoms with Crippen molar-refractivity contribution in [3.05, 3.63) is 35.4 Å². The van der Waals surface area contributed by atoms with E-state index in [4.69, 9.17) is 15.2 Å². The number of nitrogens with zero attached hydrogens (tertiary/aromatic N) is 1. The summed E-state index contributed by atoms with van der Waals surface area (Å²) in [5, 5.41) is 0.606. The molecule has 0 amide bonds. The molecule has 6 nitrogen and oxygen atoms in total. The van der Waals surface area contributed by atoms with Crippen LogP contribution in [0.3, 0.4) is 0 Å². The number of methoxy groups -OCH3 is 1. The Bertz CT molecular complexity index is 620. The summed E-state index contributed by atoms with van der Waals surface area (Å²) >= 11 is 0. The molecule has 0 bridgehead atoms. The molecule has 1 aromatic rings. The lowest BCUT2D eigenvalue weighted by atomic mass is 10.3. The molecular weight excluding hydrogens is 256 g/mol. The van der Waals surface area contributed by atoms with Gasteiger partial charge in [0.25, 0.3) is 0 Å². The fourth-order valence-corrected chi connectivity index (χ4v) is 2.23. The van der Waals surface area contributed by atoms with Crippen molar-refractivity contribution in [2.75, 3.05) is 13.7 Å². The molecule has 1 aromatic carbocycles. The van der Waals surface area contributed by atoms with Crippen molar-refractivity contribution >= 4 is 15.0 Å². The van der Waals surface area contributed by atoms with Crippen LogP contribution in [0.4, 0.5) is 0 Å². The highest BCUT2D eigenvalue weighted by Gasteiger charge is 2.22. The molecule has 0 saturated heterocycles. The summed E-state index contributed by atoms with van der Waals surface area (Å²) in [5.41, 5.74) is 5.53. The lowest BCUT2D eigenvalue weighted by Crippen LogP contribution is -2.18. The van der Waals surface area contributed by atoms with Crippen LogP contribution < -0.4 is 15.2 Å². The van der Waals surface area contributed by atoms with Gasteiger partial charge in [0.1, 0.15) is 18.1 Å². The molecule has 7 heteroatoms. The van der Waals surface area contributed by atoms with E-state index in [0.29, 0.717) is 11.5 Å². The third-order valence-electron chi connectivity index (χ3n) is 2.26. The van der Waals surface area contributed by atoms with E-state index in [1.165, 1.54) is 0 Å². The van der Waals surface area contributed by atoms with Gasteiger partial charge in [-0.2, -0.15) is 0 Å². The van der Waals surface area contributed by atoms with Crippen LogP contribution in [0.2, 0.25) is 0 Å². The third kappa shape index (κ3) is 2.62. The first-order valence-electron chi connectivity index (χ1n) is 5.08. The zero-order valence-electron chi connectivity index (χ0n) is 9.66. The van der Waals surface area contributed by atoms with E-state index in [2.05, 4.69) is 4.99 Å². The summed E-state index contributed by atoms with van der Waals surface area (Å²) in [6, 6.07) is 6.98. The van der Waals surface area contributed by atoms with Crippen molar-refractivity contribution in [2.24, 2.45) is 10.7 Å². The van der Waals surface area contributed by atoms with E-state index in [-0.39, 0.29) is 12.3 Å². The van der Waals surface area contributed by atoms with Gasteiger partial charge in [0.2, 0.25) is 15.0 Å². The molecule has 0 unspecified atom stereocenters. The van der Waals surface area contributed by atoms with E-state index in [1.54, 1.807) is 31.4 Å². The molecule has 1 heterocycles. The van der Waals surface area contributed by atoms with E-state index >= 15 is 0 Å². The number of hydrogen-bond donors (Lipinski definition) is 1. The standard InChI is InChI=1S/C11H12N2O4S/c1-16-9-3-2-4-10(5-9)17-6-8-7-18(14,15)11(12)13-8/h2-5,7H,6H2,1H3,(H2,12,13). The number of benzene rings is 1. The van der Waals surface area contributed by atoms with E-state index < -0.39 is 15.0 Å². The average molecular weight is 268 g/mol. The highest BCUT2D eigenvalue weighted by atomic mass is 32.2. The maximum atomic E-state index is 11.3. The van der Waals surface area contributed by atoms with Gasteiger partial charge in [-0.15, -0.1) is 0 Å². The first-order chi connectivity index (χ1) is 8.51. The summed E-state index contributed by atoms with van der Waals surface area (Å²) in [6.45, 7) is 0.0348. The largest absolute Gasteiger partial charge is 0.497 e. The Labute approximate surface area is 105 Å². The third-order valence-corrected chi connectivity index (χ3v) is 3.52. The van der Waals surface area contributed by atoms with E-state index in [9.17, 15) is 8.42 Å². The van der Waals surface area contributed by atoms with Crippen LogP contribution in [0.1, 0.15) is 0 Å². The van der Waals surface area contributed by atoms with Crippen LogP contribution in [0.25, 0.3) is 0 Å². The molecule has 0 aliphatic carbocycles. The van der Waals surface area contributed by atoms with Gasteiger partial charge < -0.3 is 15.2 Å². The number of ether oxygens (including phenoxy) is 2. The summed E-state index contributed by atoms with van der Waals surface area (Å²) < 4.78 is 33.0.